The van der Waals surface area contributed by atoms with E-state index in [4.69, 9.17) is 0 Å². The van der Waals surface area contributed by atoms with Crippen molar-refractivity contribution in [1.29, 1.82) is 0 Å². The Bertz CT molecular complexity index is 735. The quantitative estimate of drug-likeness (QED) is 0.810. The molecule has 5 heteroatoms. The van der Waals surface area contributed by atoms with E-state index in [9.17, 15) is 9.59 Å². The third-order valence-corrected chi connectivity index (χ3v) is 5.36. The summed E-state index contributed by atoms with van der Waals surface area (Å²) in [4.78, 5) is 27.3. The molecule has 2 atom stereocenters. The summed E-state index contributed by atoms with van der Waals surface area (Å²) in [6, 6.07) is 9.28. The average molecular weight is 300 g/mol. The molecule has 0 N–H and O–H groups in total. The van der Waals surface area contributed by atoms with Crippen LogP contribution in [0.1, 0.15) is 27.7 Å². The summed E-state index contributed by atoms with van der Waals surface area (Å²) in [5.74, 6) is 0.807. The van der Waals surface area contributed by atoms with Crippen LogP contribution in [0.2, 0.25) is 0 Å². The highest BCUT2D eigenvalue weighted by Crippen LogP contribution is 2.35. The smallest absolute Gasteiger partial charge is 0.263 e. The standard InChI is InChI=1S/C16H16N2O2S/c19-15-5-1-3-13-12-7-11(9-18(13)15)8-17(10-12)16(20)14-4-2-6-21-14/h1-6,11-12H,7-10H2/t11-,12-/m0/s1. The summed E-state index contributed by atoms with van der Waals surface area (Å²) >= 11 is 1.49. The van der Waals surface area contributed by atoms with Crippen molar-refractivity contribution in [3.8, 4) is 0 Å². The van der Waals surface area contributed by atoms with Gasteiger partial charge in [0.15, 0.2) is 0 Å². The molecular formula is C16H16N2O2S. The number of rotatable bonds is 1. The van der Waals surface area contributed by atoms with E-state index in [1.165, 1.54) is 11.3 Å². The first-order valence-corrected chi connectivity index (χ1v) is 8.13. The van der Waals surface area contributed by atoms with Gasteiger partial charge in [0, 0.05) is 37.3 Å². The Morgan fingerprint density at radius 2 is 2.05 bits per heavy atom. The molecule has 0 radical (unpaired) electrons. The Morgan fingerprint density at radius 3 is 2.86 bits per heavy atom. The number of hydrogen-bond acceptors (Lipinski definition) is 3. The van der Waals surface area contributed by atoms with Crippen molar-refractivity contribution in [1.82, 2.24) is 9.47 Å². The first kappa shape index (κ1) is 12.8. The topological polar surface area (TPSA) is 42.3 Å². The minimum Gasteiger partial charge on any atom is -0.337 e. The van der Waals surface area contributed by atoms with Gasteiger partial charge in [0.05, 0.1) is 4.88 Å². The maximum absolute atomic E-state index is 12.5. The Hall–Kier alpha value is -1.88. The lowest BCUT2D eigenvalue weighted by Gasteiger charge is -2.42. The Kier molecular flexibility index (Phi) is 2.96. The molecule has 4 rings (SSSR count). The van der Waals surface area contributed by atoms with Crippen molar-refractivity contribution in [2.75, 3.05) is 13.1 Å². The van der Waals surface area contributed by atoms with E-state index in [2.05, 4.69) is 0 Å². The van der Waals surface area contributed by atoms with Gasteiger partial charge in [-0.3, -0.25) is 9.59 Å². The van der Waals surface area contributed by atoms with Crippen molar-refractivity contribution in [2.24, 2.45) is 5.92 Å². The highest BCUT2D eigenvalue weighted by atomic mass is 32.1. The van der Waals surface area contributed by atoms with Crippen LogP contribution in [0.5, 0.6) is 0 Å². The van der Waals surface area contributed by atoms with Gasteiger partial charge in [0.1, 0.15) is 0 Å². The molecule has 0 aliphatic carbocycles. The van der Waals surface area contributed by atoms with Gasteiger partial charge in [-0.05, 0) is 29.9 Å². The summed E-state index contributed by atoms with van der Waals surface area (Å²) in [6.07, 6.45) is 1.08. The van der Waals surface area contributed by atoms with Crippen LogP contribution in [-0.2, 0) is 6.54 Å². The van der Waals surface area contributed by atoms with Crippen molar-refractivity contribution in [3.05, 3.63) is 56.6 Å². The predicted octanol–water partition coefficient (Wildman–Crippen LogP) is 2.17. The summed E-state index contributed by atoms with van der Waals surface area (Å²) in [5, 5.41) is 1.94. The first-order valence-electron chi connectivity index (χ1n) is 7.25. The van der Waals surface area contributed by atoms with E-state index < -0.39 is 0 Å². The highest BCUT2D eigenvalue weighted by molar-refractivity contribution is 7.12. The van der Waals surface area contributed by atoms with Gasteiger partial charge in [-0.15, -0.1) is 11.3 Å². The van der Waals surface area contributed by atoms with Crippen LogP contribution in [0.25, 0.3) is 0 Å². The SMILES string of the molecule is O=C(c1cccs1)N1C[C@@H]2C[C@@H](C1)c1cccc(=O)n1C2. The molecule has 2 aromatic heterocycles. The second-order valence-electron chi connectivity index (χ2n) is 5.89. The van der Waals surface area contributed by atoms with E-state index in [0.717, 1.165) is 36.6 Å². The Morgan fingerprint density at radius 1 is 1.14 bits per heavy atom. The van der Waals surface area contributed by atoms with Crippen LogP contribution in [0, 0.1) is 5.92 Å². The molecule has 108 valence electrons. The van der Waals surface area contributed by atoms with E-state index >= 15 is 0 Å². The molecule has 4 nitrogen and oxygen atoms in total. The zero-order valence-corrected chi connectivity index (χ0v) is 12.4. The minimum atomic E-state index is 0.0835. The van der Waals surface area contributed by atoms with Crippen LogP contribution in [0.3, 0.4) is 0 Å². The molecule has 0 aromatic carbocycles. The second-order valence-corrected chi connectivity index (χ2v) is 6.83. The van der Waals surface area contributed by atoms with Crippen LogP contribution in [0.15, 0.2) is 40.5 Å². The molecule has 1 amide bonds. The number of pyridine rings is 1. The van der Waals surface area contributed by atoms with Gasteiger partial charge < -0.3 is 9.47 Å². The molecular weight excluding hydrogens is 284 g/mol. The fourth-order valence-corrected chi connectivity index (χ4v) is 4.31. The van der Waals surface area contributed by atoms with E-state index in [1.54, 1.807) is 6.07 Å². The zero-order chi connectivity index (χ0) is 14.4. The van der Waals surface area contributed by atoms with Crippen molar-refractivity contribution in [3.63, 3.8) is 0 Å². The fraction of sp³-hybridized carbons (Fsp3) is 0.375. The number of likely N-dealkylation sites (tertiary alicyclic amines) is 1. The number of nitrogens with zero attached hydrogens (tertiary/aromatic N) is 2. The number of fused-ring (bicyclic) bond motifs is 4. The number of thiophene rings is 1. The number of carbonyl (C=O) groups is 1. The maximum atomic E-state index is 12.5. The van der Waals surface area contributed by atoms with Gasteiger partial charge in [-0.1, -0.05) is 12.1 Å². The zero-order valence-electron chi connectivity index (χ0n) is 11.6. The van der Waals surface area contributed by atoms with Gasteiger partial charge >= 0.3 is 0 Å². The van der Waals surface area contributed by atoms with E-state index in [0.29, 0.717) is 5.92 Å². The number of carbonyl (C=O) groups excluding carboxylic acids is 1. The molecule has 2 bridgehead atoms. The minimum absolute atomic E-state index is 0.0835. The molecule has 0 unspecified atom stereocenters. The molecule has 21 heavy (non-hydrogen) atoms. The molecule has 4 heterocycles. The fourth-order valence-electron chi connectivity index (χ4n) is 3.62. The highest BCUT2D eigenvalue weighted by Gasteiger charge is 2.36. The van der Waals surface area contributed by atoms with Gasteiger partial charge in [0.25, 0.3) is 11.5 Å². The third-order valence-electron chi connectivity index (χ3n) is 4.50. The van der Waals surface area contributed by atoms with Gasteiger partial charge in [0.2, 0.25) is 0 Å². The number of amides is 1. The molecule has 2 aliphatic rings. The maximum Gasteiger partial charge on any atom is 0.263 e. The summed E-state index contributed by atoms with van der Waals surface area (Å²) in [5.41, 5.74) is 1.17. The largest absolute Gasteiger partial charge is 0.337 e. The Balaban J connectivity index is 1.65. The molecule has 1 saturated heterocycles. The molecule has 2 aliphatic heterocycles. The second kappa shape index (κ2) is 4.84. The lowest BCUT2D eigenvalue weighted by atomic mass is 9.83. The summed E-state index contributed by atoms with van der Waals surface area (Å²) in [6.45, 7) is 2.21. The molecule has 0 spiro atoms. The lowest BCUT2D eigenvalue weighted by molar-refractivity contribution is 0.0599. The van der Waals surface area contributed by atoms with Gasteiger partial charge in [-0.25, -0.2) is 0 Å². The number of piperidine rings is 1. The third kappa shape index (κ3) is 2.12. The van der Waals surface area contributed by atoms with Crippen LogP contribution in [-0.4, -0.2) is 28.5 Å². The normalized spacial score (nSPS) is 23.7. The number of hydrogen-bond donors (Lipinski definition) is 0. The summed E-state index contributed by atoms with van der Waals surface area (Å²) < 4.78 is 1.89. The lowest BCUT2D eigenvalue weighted by Crippen LogP contribution is -2.48. The first-order chi connectivity index (χ1) is 10.2. The molecule has 2 aromatic rings. The summed E-state index contributed by atoms with van der Waals surface area (Å²) in [7, 11) is 0. The van der Waals surface area contributed by atoms with E-state index in [-0.39, 0.29) is 17.4 Å². The van der Waals surface area contributed by atoms with Crippen LogP contribution in [0.4, 0.5) is 0 Å². The van der Waals surface area contributed by atoms with Gasteiger partial charge in [-0.2, -0.15) is 0 Å². The predicted molar refractivity (Wildman–Crippen MR) is 81.8 cm³/mol. The number of aromatic nitrogens is 1. The van der Waals surface area contributed by atoms with Crippen LogP contribution >= 0.6 is 11.3 Å². The van der Waals surface area contributed by atoms with Crippen molar-refractivity contribution >= 4 is 17.2 Å². The molecule has 1 fully saturated rings. The van der Waals surface area contributed by atoms with Crippen LogP contribution < -0.4 is 5.56 Å². The monoisotopic (exact) mass is 300 g/mol. The van der Waals surface area contributed by atoms with Crippen molar-refractivity contribution in [2.45, 2.75) is 18.9 Å². The Labute approximate surface area is 126 Å². The average Bonchev–Trinajstić information content (AvgIpc) is 3.02. The molecule has 0 saturated carbocycles. The van der Waals surface area contributed by atoms with Crippen molar-refractivity contribution < 1.29 is 4.79 Å². The van der Waals surface area contributed by atoms with E-state index in [1.807, 2.05) is 39.1 Å².